The number of rotatable bonds is 4. The molecule has 0 heterocycles. The molecule has 0 atom stereocenters. The third-order valence-electron chi connectivity index (χ3n) is 3.85. The second-order valence-electron chi connectivity index (χ2n) is 5.65. The Bertz CT molecular complexity index is 554. The first-order valence-electron chi connectivity index (χ1n) is 7.01. The van der Waals surface area contributed by atoms with Gasteiger partial charge in [0.15, 0.2) is 0 Å². The molecule has 1 aliphatic carbocycles. The summed E-state index contributed by atoms with van der Waals surface area (Å²) in [5.41, 5.74) is 6.31. The van der Waals surface area contributed by atoms with Crippen molar-refractivity contribution in [2.24, 2.45) is 5.73 Å². The molecule has 1 aromatic rings. The maximum absolute atomic E-state index is 12.1. The molecule has 1 amide bonds. The molecule has 0 bridgehead atoms. The van der Waals surface area contributed by atoms with Crippen molar-refractivity contribution in [2.75, 3.05) is 5.32 Å². The summed E-state index contributed by atoms with van der Waals surface area (Å²) in [5.74, 6) is -1.26. The van der Waals surface area contributed by atoms with Crippen molar-refractivity contribution >= 4 is 29.2 Å². The van der Waals surface area contributed by atoms with Crippen molar-refractivity contribution in [3.05, 3.63) is 28.8 Å². The van der Waals surface area contributed by atoms with Gasteiger partial charge in [-0.1, -0.05) is 30.9 Å². The highest BCUT2D eigenvalue weighted by Gasteiger charge is 2.30. The minimum Gasteiger partial charge on any atom is -0.478 e. The lowest BCUT2D eigenvalue weighted by Crippen LogP contribution is -2.44. The van der Waals surface area contributed by atoms with E-state index in [4.69, 9.17) is 22.4 Å². The van der Waals surface area contributed by atoms with Crippen LogP contribution in [0.5, 0.6) is 0 Å². The van der Waals surface area contributed by atoms with Gasteiger partial charge >= 0.3 is 5.97 Å². The van der Waals surface area contributed by atoms with Crippen molar-refractivity contribution in [3.8, 4) is 0 Å². The molecule has 0 aromatic heterocycles. The van der Waals surface area contributed by atoms with Gasteiger partial charge in [-0.15, -0.1) is 0 Å². The highest BCUT2D eigenvalue weighted by Crippen LogP contribution is 2.29. The van der Waals surface area contributed by atoms with Crippen molar-refractivity contribution < 1.29 is 14.7 Å². The second-order valence-corrected chi connectivity index (χ2v) is 6.05. The molecule has 4 N–H and O–H groups in total. The van der Waals surface area contributed by atoms with Gasteiger partial charge in [0.1, 0.15) is 0 Å². The summed E-state index contributed by atoms with van der Waals surface area (Å²) in [7, 11) is 0. The van der Waals surface area contributed by atoms with Gasteiger partial charge in [0.2, 0.25) is 5.91 Å². The van der Waals surface area contributed by atoms with Crippen LogP contribution in [0.25, 0.3) is 0 Å². The average Bonchev–Trinajstić information content (AvgIpc) is 2.38. The van der Waals surface area contributed by atoms with E-state index in [0.29, 0.717) is 5.69 Å². The van der Waals surface area contributed by atoms with Gasteiger partial charge in [-0.05, 0) is 31.0 Å². The number of carbonyl (C=O) groups is 2. The van der Waals surface area contributed by atoms with Crippen LogP contribution in [0.3, 0.4) is 0 Å². The van der Waals surface area contributed by atoms with E-state index in [0.717, 1.165) is 25.7 Å². The monoisotopic (exact) mass is 310 g/mol. The van der Waals surface area contributed by atoms with E-state index >= 15 is 0 Å². The molecule has 0 saturated heterocycles. The molecule has 0 radical (unpaired) electrons. The zero-order valence-corrected chi connectivity index (χ0v) is 12.4. The average molecular weight is 311 g/mol. The summed E-state index contributed by atoms with van der Waals surface area (Å²) in [6.45, 7) is 0. The Kier molecular flexibility index (Phi) is 4.85. The van der Waals surface area contributed by atoms with Crippen LogP contribution in [0.15, 0.2) is 18.2 Å². The van der Waals surface area contributed by atoms with Crippen LogP contribution in [0.4, 0.5) is 5.69 Å². The van der Waals surface area contributed by atoms with Gasteiger partial charge in [0, 0.05) is 17.6 Å². The number of benzene rings is 1. The van der Waals surface area contributed by atoms with E-state index in [-0.39, 0.29) is 22.9 Å². The molecule has 114 valence electrons. The Labute approximate surface area is 128 Å². The Morgan fingerprint density at radius 2 is 1.95 bits per heavy atom. The van der Waals surface area contributed by atoms with Crippen LogP contribution in [0.1, 0.15) is 48.9 Å². The fraction of sp³-hybridized carbons (Fsp3) is 0.467. The lowest BCUT2D eigenvalue weighted by Gasteiger charge is -2.32. The van der Waals surface area contributed by atoms with Crippen LogP contribution in [-0.2, 0) is 4.79 Å². The molecule has 1 aliphatic rings. The van der Waals surface area contributed by atoms with Crippen molar-refractivity contribution in [1.82, 2.24) is 0 Å². The fourth-order valence-electron chi connectivity index (χ4n) is 2.72. The molecule has 1 aromatic carbocycles. The normalized spacial score (nSPS) is 17.2. The Hall–Kier alpha value is -1.59. The molecular formula is C15H19ClN2O3. The molecule has 21 heavy (non-hydrogen) atoms. The van der Waals surface area contributed by atoms with Crippen LogP contribution in [0.2, 0.25) is 5.02 Å². The number of amides is 1. The Morgan fingerprint density at radius 1 is 1.29 bits per heavy atom. The van der Waals surface area contributed by atoms with Crippen molar-refractivity contribution in [2.45, 2.75) is 44.1 Å². The number of nitrogens with one attached hydrogen (secondary N) is 1. The highest BCUT2D eigenvalue weighted by molar-refractivity contribution is 6.33. The molecule has 0 spiro atoms. The van der Waals surface area contributed by atoms with E-state index in [1.807, 2.05) is 0 Å². The largest absolute Gasteiger partial charge is 0.478 e. The lowest BCUT2D eigenvalue weighted by atomic mass is 9.80. The smallest absolute Gasteiger partial charge is 0.337 e. The third-order valence-corrected chi connectivity index (χ3v) is 4.16. The van der Waals surface area contributed by atoms with Gasteiger partial charge in [-0.2, -0.15) is 0 Å². The van der Waals surface area contributed by atoms with Gasteiger partial charge in [0.05, 0.1) is 10.6 Å². The molecule has 1 fully saturated rings. The van der Waals surface area contributed by atoms with Gasteiger partial charge in [-0.25, -0.2) is 4.79 Å². The van der Waals surface area contributed by atoms with Crippen LogP contribution >= 0.6 is 11.6 Å². The minimum absolute atomic E-state index is 0.0113. The fourth-order valence-corrected chi connectivity index (χ4v) is 2.99. The molecular weight excluding hydrogens is 292 g/mol. The Balaban J connectivity index is 1.99. The summed E-state index contributed by atoms with van der Waals surface area (Å²) in [6.07, 6.45) is 5.28. The highest BCUT2D eigenvalue weighted by atomic mass is 35.5. The number of hydrogen-bond acceptors (Lipinski definition) is 3. The van der Waals surface area contributed by atoms with Crippen LogP contribution < -0.4 is 11.1 Å². The number of carboxylic acid groups (broad SMARTS) is 1. The Morgan fingerprint density at radius 3 is 2.52 bits per heavy atom. The maximum atomic E-state index is 12.1. The molecule has 0 unspecified atom stereocenters. The molecule has 5 nitrogen and oxygen atoms in total. The predicted octanol–water partition coefficient (Wildman–Crippen LogP) is 3.03. The summed E-state index contributed by atoms with van der Waals surface area (Å²) < 4.78 is 0. The summed E-state index contributed by atoms with van der Waals surface area (Å²) in [5, 5.41) is 11.7. The minimum atomic E-state index is -1.10. The zero-order chi connectivity index (χ0) is 15.5. The first-order chi connectivity index (χ1) is 9.89. The number of anilines is 1. The standard InChI is InChI=1S/C15H19ClN2O3/c16-12-8-10(4-5-11(12)14(20)21)18-13(19)9-15(17)6-2-1-3-7-15/h4-5,8H,1-3,6-7,9,17H2,(H,18,19)(H,20,21). The quantitative estimate of drug-likeness (QED) is 0.797. The molecule has 1 saturated carbocycles. The molecule has 2 rings (SSSR count). The summed E-state index contributed by atoms with van der Waals surface area (Å²) in [4.78, 5) is 22.9. The van der Waals surface area contributed by atoms with E-state index in [1.165, 1.54) is 24.6 Å². The molecule has 0 aliphatic heterocycles. The van der Waals surface area contributed by atoms with Crippen LogP contribution in [-0.4, -0.2) is 22.5 Å². The second kappa shape index (κ2) is 6.45. The number of carbonyl (C=O) groups excluding carboxylic acids is 1. The van der Waals surface area contributed by atoms with Gasteiger partial charge < -0.3 is 16.2 Å². The topological polar surface area (TPSA) is 92.4 Å². The SMILES string of the molecule is NC1(CC(=O)Nc2ccc(C(=O)O)c(Cl)c2)CCCCC1. The number of hydrogen-bond donors (Lipinski definition) is 3. The number of carboxylic acids is 1. The first kappa shape index (κ1) is 15.8. The van der Waals surface area contributed by atoms with E-state index < -0.39 is 11.5 Å². The van der Waals surface area contributed by atoms with Crippen molar-refractivity contribution in [1.29, 1.82) is 0 Å². The molecule has 6 heteroatoms. The van der Waals surface area contributed by atoms with Gasteiger partial charge in [0.25, 0.3) is 0 Å². The summed E-state index contributed by atoms with van der Waals surface area (Å²) >= 11 is 5.87. The number of nitrogens with two attached hydrogens (primary N) is 1. The van der Waals surface area contributed by atoms with E-state index in [9.17, 15) is 9.59 Å². The lowest BCUT2D eigenvalue weighted by molar-refractivity contribution is -0.117. The maximum Gasteiger partial charge on any atom is 0.337 e. The number of halogens is 1. The van der Waals surface area contributed by atoms with E-state index in [1.54, 1.807) is 0 Å². The zero-order valence-electron chi connectivity index (χ0n) is 11.7. The predicted molar refractivity (Wildman–Crippen MR) is 81.7 cm³/mol. The summed E-state index contributed by atoms with van der Waals surface area (Å²) in [6, 6.07) is 4.34. The number of aromatic carboxylic acids is 1. The van der Waals surface area contributed by atoms with Crippen molar-refractivity contribution in [3.63, 3.8) is 0 Å². The first-order valence-corrected chi connectivity index (χ1v) is 7.39. The van der Waals surface area contributed by atoms with Crippen LogP contribution in [0, 0.1) is 0 Å². The van der Waals surface area contributed by atoms with Gasteiger partial charge in [-0.3, -0.25) is 4.79 Å². The third kappa shape index (κ3) is 4.19. The van der Waals surface area contributed by atoms with E-state index in [2.05, 4.69) is 5.32 Å².